The first-order valence-corrected chi connectivity index (χ1v) is 4.59. The monoisotopic (exact) mass is 185 g/mol. The molecule has 0 unspecified atom stereocenters. The van der Waals surface area contributed by atoms with Crippen LogP contribution in [0.2, 0.25) is 0 Å². The van der Waals surface area contributed by atoms with Crippen molar-refractivity contribution in [2.45, 2.75) is 0 Å². The number of nitrogens with one attached hydrogen (secondary N) is 1. The average molecular weight is 185 g/mol. The molecule has 1 nitrogen and oxygen atoms in total. The van der Waals surface area contributed by atoms with Crippen molar-refractivity contribution >= 4 is 5.69 Å². The third kappa shape index (κ3) is 3.31. The summed E-state index contributed by atoms with van der Waals surface area (Å²) < 4.78 is 0. The first-order chi connectivity index (χ1) is 6.86. The van der Waals surface area contributed by atoms with E-state index in [9.17, 15) is 0 Å². The molecule has 1 aromatic carbocycles. The standard InChI is InChI=1S/C13H15N/c1-3-8-12(4-2)11-14-13-9-6-5-7-10-13/h3-10,14H,1-2,11H2/b12-8+. The van der Waals surface area contributed by atoms with Gasteiger partial charge in [0.25, 0.3) is 0 Å². The van der Waals surface area contributed by atoms with E-state index in [1.165, 1.54) is 0 Å². The molecule has 1 rings (SSSR count). The van der Waals surface area contributed by atoms with Crippen molar-refractivity contribution in [2.75, 3.05) is 11.9 Å². The predicted octanol–water partition coefficient (Wildman–Crippen LogP) is 3.40. The van der Waals surface area contributed by atoms with Gasteiger partial charge in [0.2, 0.25) is 0 Å². The molecule has 0 bridgehead atoms. The van der Waals surface area contributed by atoms with Crippen LogP contribution in [0.1, 0.15) is 0 Å². The van der Waals surface area contributed by atoms with Crippen LogP contribution >= 0.6 is 0 Å². The predicted molar refractivity (Wildman–Crippen MR) is 63.4 cm³/mol. The molecule has 72 valence electrons. The van der Waals surface area contributed by atoms with Crippen molar-refractivity contribution in [1.29, 1.82) is 0 Å². The van der Waals surface area contributed by atoms with E-state index in [0.717, 1.165) is 17.8 Å². The molecule has 1 heteroatoms. The molecule has 0 spiro atoms. The fourth-order valence-corrected chi connectivity index (χ4v) is 1.11. The summed E-state index contributed by atoms with van der Waals surface area (Å²) in [6.07, 6.45) is 5.55. The fourth-order valence-electron chi connectivity index (χ4n) is 1.11. The molecule has 14 heavy (non-hydrogen) atoms. The highest BCUT2D eigenvalue weighted by atomic mass is 14.9. The topological polar surface area (TPSA) is 12.0 Å². The molecule has 1 aromatic rings. The van der Waals surface area contributed by atoms with Gasteiger partial charge in [-0.1, -0.05) is 49.6 Å². The van der Waals surface area contributed by atoms with Crippen LogP contribution in [0.15, 0.2) is 67.3 Å². The lowest BCUT2D eigenvalue weighted by Gasteiger charge is -2.05. The summed E-state index contributed by atoms with van der Waals surface area (Å²) in [5, 5.41) is 3.29. The largest absolute Gasteiger partial charge is 0.381 e. The summed E-state index contributed by atoms with van der Waals surface area (Å²) in [5.41, 5.74) is 2.24. The third-order valence-corrected chi connectivity index (χ3v) is 1.86. The summed E-state index contributed by atoms with van der Waals surface area (Å²) in [5.74, 6) is 0. The van der Waals surface area contributed by atoms with Crippen LogP contribution in [0.4, 0.5) is 5.69 Å². The lowest BCUT2D eigenvalue weighted by atomic mass is 10.2. The molecule has 0 heterocycles. The number of hydrogen-bond donors (Lipinski definition) is 1. The lowest BCUT2D eigenvalue weighted by Crippen LogP contribution is -2.02. The van der Waals surface area contributed by atoms with E-state index in [1.807, 2.05) is 42.5 Å². The van der Waals surface area contributed by atoms with Crippen molar-refractivity contribution < 1.29 is 0 Å². The van der Waals surface area contributed by atoms with Gasteiger partial charge in [0.15, 0.2) is 0 Å². The number of para-hydroxylation sites is 1. The normalized spacial score (nSPS) is 10.7. The Balaban J connectivity index is 2.52. The maximum Gasteiger partial charge on any atom is 0.0400 e. The Morgan fingerprint density at radius 3 is 2.50 bits per heavy atom. The van der Waals surface area contributed by atoms with Crippen molar-refractivity contribution in [2.24, 2.45) is 0 Å². The van der Waals surface area contributed by atoms with Gasteiger partial charge in [-0.25, -0.2) is 0 Å². The van der Waals surface area contributed by atoms with Crippen molar-refractivity contribution in [3.8, 4) is 0 Å². The summed E-state index contributed by atoms with van der Waals surface area (Å²) in [7, 11) is 0. The van der Waals surface area contributed by atoms with Crippen molar-refractivity contribution in [1.82, 2.24) is 0 Å². The molecule has 0 aromatic heterocycles. The number of anilines is 1. The van der Waals surface area contributed by atoms with Gasteiger partial charge in [-0.3, -0.25) is 0 Å². The third-order valence-electron chi connectivity index (χ3n) is 1.86. The number of rotatable bonds is 5. The Morgan fingerprint density at radius 2 is 1.93 bits per heavy atom. The minimum Gasteiger partial charge on any atom is -0.381 e. The van der Waals surface area contributed by atoms with Gasteiger partial charge in [-0.05, 0) is 17.7 Å². The highest BCUT2D eigenvalue weighted by Crippen LogP contribution is 2.06. The van der Waals surface area contributed by atoms with E-state index in [1.54, 1.807) is 6.08 Å². The van der Waals surface area contributed by atoms with E-state index >= 15 is 0 Å². The van der Waals surface area contributed by atoms with Gasteiger partial charge < -0.3 is 5.32 Å². The minimum atomic E-state index is 0.777. The average Bonchev–Trinajstić information content (AvgIpc) is 2.25. The molecule has 0 aliphatic rings. The Morgan fingerprint density at radius 1 is 1.21 bits per heavy atom. The fraction of sp³-hybridized carbons (Fsp3) is 0.0769. The van der Waals surface area contributed by atoms with Crippen LogP contribution in [0.5, 0.6) is 0 Å². The molecular weight excluding hydrogens is 170 g/mol. The van der Waals surface area contributed by atoms with Crippen LogP contribution in [0, 0.1) is 0 Å². The van der Waals surface area contributed by atoms with Crippen LogP contribution in [0.25, 0.3) is 0 Å². The zero-order chi connectivity index (χ0) is 10.2. The number of hydrogen-bond acceptors (Lipinski definition) is 1. The van der Waals surface area contributed by atoms with Crippen molar-refractivity contribution in [3.05, 3.63) is 67.3 Å². The second-order valence-electron chi connectivity index (χ2n) is 2.90. The van der Waals surface area contributed by atoms with Gasteiger partial charge >= 0.3 is 0 Å². The maximum absolute atomic E-state index is 3.74. The quantitative estimate of drug-likeness (QED) is 0.693. The molecule has 0 aliphatic heterocycles. The summed E-state index contributed by atoms with van der Waals surface area (Å²) in [6.45, 7) is 8.16. The molecule has 0 saturated heterocycles. The smallest absolute Gasteiger partial charge is 0.0400 e. The second kappa shape index (κ2) is 5.81. The molecule has 1 N–H and O–H groups in total. The summed E-state index contributed by atoms with van der Waals surface area (Å²) in [6, 6.07) is 10.1. The first-order valence-electron chi connectivity index (χ1n) is 4.59. The summed E-state index contributed by atoms with van der Waals surface area (Å²) in [4.78, 5) is 0. The van der Waals surface area contributed by atoms with Gasteiger partial charge in [-0.2, -0.15) is 0 Å². The zero-order valence-electron chi connectivity index (χ0n) is 8.24. The van der Waals surface area contributed by atoms with Crippen molar-refractivity contribution in [3.63, 3.8) is 0 Å². The van der Waals surface area contributed by atoms with Gasteiger partial charge in [0.05, 0.1) is 0 Å². The SMILES string of the molecule is C=C/C=C(\C=C)CNc1ccccc1. The number of benzene rings is 1. The molecule has 0 atom stereocenters. The van der Waals surface area contributed by atoms with E-state index in [2.05, 4.69) is 18.5 Å². The summed E-state index contributed by atoms with van der Waals surface area (Å²) >= 11 is 0. The van der Waals surface area contributed by atoms with Gasteiger partial charge in [0.1, 0.15) is 0 Å². The van der Waals surface area contributed by atoms with E-state index in [-0.39, 0.29) is 0 Å². The number of allylic oxidation sites excluding steroid dienone is 2. The lowest BCUT2D eigenvalue weighted by molar-refractivity contribution is 1.26. The van der Waals surface area contributed by atoms with E-state index in [0.29, 0.717) is 0 Å². The second-order valence-corrected chi connectivity index (χ2v) is 2.90. The van der Waals surface area contributed by atoms with Crippen LogP contribution in [-0.2, 0) is 0 Å². The molecule has 0 amide bonds. The Hall–Kier alpha value is -1.76. The molecule has 0 radical (unpaired) electrons. The Kier molecular flexibility index (Phi) is 4.29. The Labute approximate surface area is 85.5 Å². The van der Waals surface area contributed by atoms with Crippen LogP contribution < -0.4 is 5.32 Å². The van der Waals surface area contributed by atoms with Gasteiger partial charge in [0, 0.05) is 12.2 Å². The highest BCUT2D eigenvalue weighted by molar-refractivity contribution is 5.44. The van der Waals surface area contributed by atoms with Gasteiger partial charge in [-0.15, -0.1) is 0 Å². The molecular formula is C13H15N. The van der Waals surface area contributed by atoms with E-state index < -0.39 is 0 Å². The highest BCUT2D eigenvalue weighted by Gasteiger charge is 1.91. The Bertz CT molecular complexity index is 322. The first kappa shape index (κ1) is 10.3. The maximum atomic E-state index is 3.74. The zero-order valence-corrected chi connectivity index (χ0v) is 8.24. The molecule has 0 fully saturated rings. The molecule has 0 aliphatic carbocycles. The minimum absolute atomic E-state index is 0.777. The van der Waals surface area contributed by atoms with E-state index in [4.69, 9.17) is 0 Å². The van der Waals surface area contributed by atoms with Crippen LogP contribution in [-0.4, -0.2) is 6.54 Å². The van der Waals surface area contributed by atoms with Crippen LogP contribution in [0.3, 0.4) is 0 Å². The molecule has 0 saturated carbocycles.